The third-order valence-corrected chi connectivity index (χ3v) is 6.56. The molecule has 4 atom stereocenters. The van der Waals surface area contributed by atoms with Crippen LogP contribution in [0.5, 0.6) is 0 Å². The Balaban J connectivity index is 1.85. The summed E-state index contributed by atoms with van der Waals surface area (Å²) in [6.45, 7) is 1.79. The molecule has 1 amide bonds. The maximum Gasteiger partial charge on any atom is 0.220 e. The van der Waals surface area contributed by atoms with Gasteiger partial charge < -0.3 is 4.90 Å². The highest BCUT2D eigenvalue weighted by molar-refractivity contribution is 8.00. The second-order valence-corrected chi connectivity index (χ2v) is 7.33. The predicted octanol–water partition coefficient (Wildman–Crippen LogP) is 3.20. The second-order valence-electron chi connectivity index (χ2n) is 5.84. The zero-order chi connectivity index (χ0) is 11.8. The Morgan fingerprint density at radius 2 is 1.41 bits per heavy atom. The van der Waals surface area contributed by atoms with Crippen LogP contribution >= 0.6 is 11.8 Å². The van der Waals surface area contributed by atoms with Gasteiger partial charge in [0.2, 0.25) is 5.91 Å². The Bertz CT molecular complexity index is 285. The molecule has 0 aromatic heterocycles. The van der Waals surface area contributed by atoms with Crippen molar-refractivity contribution in [3.05, 3.63) is 0 Å². The summed E-state index contributed by atoms with van der Waals surface area (Å²) in [6, 6.07) is 1.12. The van der Waals surface area contributed by atoms with Crippen molar-refractivity contribution in [2.24, 2.45) is 0 Å². The van der Waals surface area contributed by atoms with Crippen LogP contribution in [0.2, 0.25) is 0 Å². The number of rotatable bonds is 0. The van der Waals surface area contributed by atoms with Crippen molar-refractivity contribution >= 4 is 17.7 Å². The third kappa shape index (κ3) is 2.11. The normalized spacial score (nSPS) is 41.6. The van der Waals surface area contributed by atoms with Crippen LogP contribution in [0.25, 0.3) is 0 Å². The van der Waals surface area contributed by atoms with Crippen molar-refractivity contribution in [1.29, 1.82) is 0 Å². The fraction of sp³-hybridized carbons (Fsp3) is 0.929. The highest BCUT2D eigenvalue weighted by Crippen LogP contribution is 2.46. The van der Waals surface area contributed by atoms with Gasteiger partial charge in [-0.15, -0.1) is 0 Å². The van der Waals surface area contributed by atoms with Gasteiger partial charge in [0.1, 0.15) is 0 Å². The van der Waals surface area contributed by atoms with E-state index in [9.17, 15) is 4.79 Å². The summed E-state index contributed by atoms with van der Waals surface area (Å²) in [4.78, 5) is 14.3. The number of hydrogen-bond acceptors (Lipinski definition) is 2. The molecule has 3 fully saturated rings. The lowest BCUT2D eigenvalue weighted by Crippen LogP contribution is -2.60. The zero-order valence-corrected chi connectivity index (χ0v) is 11.5. The van der Waals surface area contributed by atoms with Gasteiger partial charge in [-0.1, -0.05) is 25.7 Å². The van der Waals surface area contributed by atoms with E-state index in [0.29, 0.717) is 18.0 Å². The van der Waals surface area contributed by atoms with Crippen molar-refractivity contribution in [1.82, 2.24) is 4.90 Å². The van der Waals surface area contributed by atoms with Gasteiger partial charge >= 0.3 is 0 Å². The lowest BCUT2D eigenvalue weighted by atomic mass is 9.87. The molecule has 0 bridgehead atoms. The van der Waals surface area contributed by atoms with Crippen LogP contribution in [-0.2, 0) is 4.79 Å². The van der Waals surface area contributed by atoms with Crippen molar-refractivity contribution < 1.29 is 4.79 Å². The molecule has 2 aliphatic carbocycles. The van der Waals surface area contributed by atoms with Gasteiger partial charge in [0.05, 0.1) is 0 Å². The summed E-state index contributed by atoms with van der Waals surface area (Å²) in [5, 5.41) is 1.49. The first kappa shape index (κ1) is 11.9. The smallest absolute Gasteiger partial charge is 0.220 e. The van der Waals surface area contributed by atoms with E-state index in [4.69, 9.17) is 0 Å². The van der Waals surface area contributed by atoms with E-state index in [0.717, 1.165) is 10.5 Å². The van der Waals surface area contributed by atoms with E-state index in [2.05, 4.69) is 16.7 Å². The van der Waals surface area contributed by atoms with E-state index in [1.807, 2.05) is 0 Å². The van der Waals surface area contributed by atoms with E-state index in [-0.39, 0.29) is 0 Å². The first-order valence-electron chi connectivity index (χ1n) is 7.22. The Morgan fingerprint density at radius 3 is 1.88 bits per heavy atom. The van der Waals surface area contributed by atoms with E-state index in [1.165, 1.54) is 51.4 Å². The standard InChI is InChI=1S/C14H23NOS/c1-10(16)15-11-6-2-4-8-13(11)17-14-9-5-3-7-12(14)15/h11-14H,2-9H2,1H3/t11-,12+,13+,14-. The fourth-order valence-corrected chi connectivity index (χ4v) is 6.00. The van der Waals surface area contributed by atoms with Crippen LogP contribution in [0.1, 0.15) is 58.3 Å². The Hall–Kier alpha value is -0.180. The molecule has 0 N–H and O–H groups in total. The van der Waals surface area contributed by atoms with Crippen molar-refractivity contribution in [2.45, 2.75) is 80.9 Å². The van der Waals surface area contributed by atoms with Crippen LogP contribution in [-0.4, -0.2) is 33.4 Å². The third-order valence-electron chi connectivity index (χ3n) is 4.76. The molecule has 1 heterocycles. The highest BCUT2D eigenvalue weighted by atomic mass is 32.2. The summed E-state index contributed by atoms with van der Waals surface area (Å²) < 4.78 is 0. The van der Waals surface area contributed by atoms with Crippen molar-refractivity contribution in [3.8, 4) is 0 Å². The Labute approximate surface area is 109 Å². The number of carbonyl (C=O) groups excluding carboxylic acids is 1. The fourth-order valence-electron chi connectivity index (χ4n) is 4.05. The first-order valence-corrected chi connectivity index (χ1v) is 8.16. The quantitative estimate of drug-likeness (QED) is 0.661. The van der Waals surface area contributed by atoms with Crippen LogP contribution in [0, 0.1) is 0 Å². The summed E-state index contributed by atoms with van der Waals surface area (Å²) in [5.74, 6) is 0.332. The minimum Gasteiger partial charge on any atom is -0.335 e. The minimum absolute atomic E-state index is 0.332. The number of amides is 1. The Kier molecular flexibility index (Phi) is 3.38. The average molecular weight is 253 g/mol. The summed E-state index contributed by atoms with van der Waals surface area (Å²) in [5.41, 5.74) is 0. The number of hydrogen-bond donors (Lipinski definition) is 0. The Morgan fingerprint density at radius 1 is 0.941 bits per heavy atom. The molecule has 3 heteroatoms. The summed E-state index contributed by atoms with van der Waals surface area (Å²) in [7, 11) is 0. The van der Waals surface area contributed by atoms with Crippen LogP contribution in [0.3, 0.4) is 0 Å². The van der Waals surface area contributed by atoms with E-state index in [1.54, 1.807) is 6.92 Å². The molecule has 0 spiro atoms. The van der Waals surface area contributed by atoms with Gasteiger partial charge in [0.25, 0.3) is 0 Å². The molecular weight excluding hydrogens is 230 g/mol. The molecule has 2 nitrogen and oxygen atoms in total. The van der Waals surface area contributed by atoms with Crippen LogP contribution < -0.4 is 0 Å². The second kappa shape index (κ2) is 4.83. The van der Waals surface area contributed by atoms with Crippen LogP contribution in [0.15, 0.2) is 0 Å². The predicted molar refractivity (Wildman–Crippen MR) is 72.2 cm³/mol. The molecule has 0 radical (unpaired) electrons. The molecule has 3 aliphatic rings. The molecule has 2 saturated carbocycles. The molecule has 0 unspecified atom stereocenters. The molecule has 1 saturated heterocycles. The molecule has 17 heavy (non-hydrogen) atoms. The highest BCUT2D eigenvalue weighted by Gasteiger charge is 2.45. The molecule has 1 aliphatic heterocycles. The average Bonchev–Trinajstić information content (AvgIpc) is 2.35. The number of nitrogens with zero attached hydrogens (tertiary/aromatic N) is 1. The topological polar surface area (TPSA) is 20.3 Å². The summed E-state index contributed by atoms with van der Waals surface area (Å²) in [6.07, 6.45) is 10.6. The first-order chi connectivity index (χ1) is 8.27. The van der Waals surface area contributed by atoms with Crippen molar-refractivity contribution in [3.63, 3.8) is 0 Å². The van der Waals surface area contributed by atoms with Gasteiger partial charge in [0, 0.05) is 29.5 Å². The number of carbonyl (C=O) groups is 1. The maximum atomic E-state index is 12.0. The van der Waals surface area contributed by atoms with E-state index < -0.39 is 0 Å². The molecular formula is C14H23NOS. The van der Waals surface area contributed by atoms with Crippen LogP contribution in [0.4, 0.5) is 0 Å². The largest absolute Gasteiger partial charge is 0.335 e. The van der Waals surface area contributed by atoms with Gasteiger partial charge in [-0.2, -0.15) is 11.8 Å². The molecule has 0 aromatic carbocycles. The van der Waals surface area contributed by atoms with Gasteiger partial charge in [-0.05, 0) is 25.7 Å². The van der Waals surface area contributed by atoms with Gasteiger partial charge in [-0.3, -0.25) is 4.79 Å². The lowest BCUT2D eigenvalue weighted by molar-refractivity contribution is -0.135. The molecule has 3 rings (SSSR count). The monoisotopic (exact) mass is 253 g/mol. The maximum absolute atomic E-state index is 12.0. The van der Waals surface area contributed by atoms with Gasteiger partial charge in [-0.25, -0.2) is 0 Å². The van der Waals surface area contributed by atoms with Gasteiger partial charge in [0.15, 0.2) is 0 Å². The SMILES string of the molecule is CC(=O)N1[C@@H]2CCCC[C@@H]2S[C@@H]2CCCC[C@@H]21. The van der Waals surface area contributed by atoms with E-state index >= 15 is 0 Å². The minimum atomic E-state index is 0.332. The van der Waals surface area contributed by atoms with Crippen molar-refractivity contribution in [2.75, 3.05) is 0 Å². The zero-order valence-electron chi connectivity index (χ0n) is 10.7. The number of thioether (sulfide) groups is 1. The molecule has 96 valence electrons. The summed E-state index contributed by atoms with van der Waals surface area (Å²) >= 11 is 2.23. The number of fused-ring (bicyclic) bond motifs is 2. The lowest BCUT2D eigenvalue weighted by Gasteiger charge is -2.53. The molecule has 0 aromatic rings.